The Hall–Kier alpha value is -1.20. The summed E-state index contributed by atoms with van der Waals surface area (Å²) in [5, 5.41) is 0. The molecule has 1 radical (unpaired) electrons. The highest BCUT2D eigenvalue weighted by atomic mass is 19.3. The van der Waals surface area contributed by atoms with Crippen LogP contribution in [-0.4, -0.2) is 0 Å². The van der Waals surface area contributed by atoms with E-state index < -0.39 is 35.3 Å². The maximum atomic E-state index is 12.4. The topological polar surface area (TPSA) is 0 Å². The molecule has 1 aromatic rings. The Morgan fingerprint density at radius 1 is 0.846 bits per heavy atom. The summed E-state index contributed by atoms with van der Waals surface area (Å²) in [7, 11) is 0. The molecule has 0 spiro atoms. The number of rotatable bonds is 1. The summed E-state index contributed by atoms with van der Waals surface area (Å²) in [6.07, 6.45) is -3.61. The van der Waals surface area contributed by atoms with Gasteiger partial charge in [-0.1, -0.05) is 0 Å². The van der Waals surface area contributed by atoms with Crippen molar-refractivity contribution in [1.82, 2.24) is 0 Å². The van der Waals surface area contributed by atoms with Crippen LogP contribution in [-0.2, 0) is 0 Å². The van der Waals surface area contributed by atoms with Crippen molar-refractivity contribution in [3.63, 3.8) is 0 Å². The molecule has 0 aliphatic carbocycles. The summed E-state index contributed by atoms with van der Waals surface area (Å²) in [4.78, 5) is 0. The largest absolute Gasteiger partial charge is 0.269 e. The fourth-order valence-corrected chi connectivity index (χ4v) is 0.731. The van der Waals surface area contributed by atoms with Crippen molar-refractivity contribution in [2.45, 2.75) is 6.43 Å². The first-order valence-electron chi connectivity index (χ1n) is 2.98. The van der Waals surface area contributed by atoms with Crippen LogP contribution in [0.15, 0.2) is 0 Å². The van der Waals surface area contributed by atoms with Crippen molar-refractivity contribution in [2.24, 2.45) is 0 Å². The summed E-state index contributed by atoms with van der Waals surface area (Å²) < 4.78 is 72.9. The molecule has 0 aromatic heterocycles. The highest BCUT2D eigenvalue weighted by Gasteiger charge is 2.25. The Kier molecular flexibility index (Phi) is 2.49. The molecule has 1 aromatic carbocycles. The maximum absolute atomic E-state index is 12.4. The lowest BCUT2D eigenvalue weighted by atomic mass is 10.2. The molecule has 0 nitrogen and oxygen atoms in total. The van der Waals surface area contributed by atoms with Gasteiger partial charge < -0.3 is 0 Å². The van der Waals surface area contributed by atoms with Crippen LogP contribution in [0, 0.1) is 29.3 Å². The Bertz CT molecular complexity index is 306. The van der Waals surface area contributed by atoms with Crippen molar-refractivity contribution < 1.29 is 26.3 Å². The summed E-state index contributed by atoms with van der Waals surface area (Å²) in [6, 6.07) is 0.985. The number of hydrogen-bond donors (Lipinski definition) is 0. The van der Waals surface area contributed by atoms with E-state index in [-0.39, 0.29) is 0 Å². The van der Waals surface area contributed by atoms with Gasteiger partial charge in [0.1, 0.15) is 0 Å². The predicted octanol–water partition coefficient (Wildman–Crippen LogP) is 2.98. The van der Waals surface area contributed by atoms with Crippen molar-refractivity contribution in [3.8, 4) is 0 Å². The van der Waals surface area contributed by atoms with Crippen molar-refractivity contribution in [1.29, 1.82) is 0 Å². The average Bonchev–Trinajstić information content (AvgIpc) is 2.01. The SMILES string of the molecule is Fc1[c]c(F)c(F)c(C(F)F)c1F. The molecule has 0 aliphatic rings. The highest BCUT2D eigenvalue weighted by molar-refractivity contribution is 5.22. The lowest BCUT2D eigenvalue weighted by Crippen LogP contribution is -2.03. The second-order valence-corrected chi connectivity index (χ2v) is 2.10. The molecule has 6 heteroatoms. The van der Waals surface area contributed by atoms with E-state index in [0.717, 1.165) is 6.07 Å². The summed E-state index contributed by atoms with van der Waals surface area (Å²) in [5.41, 5.74) is -1.91. The van der Waals surface area contributed by atoms with E-state index in [2.05, 4.69) is 0 Å². The van der Waals surface area contributed by atoms with Gasteiger partial charge in [-0.25, -0.2) is 26.3 Å². The minimum Gasteiger partial charge on any atom is -0.205 e. The van der Waals surface area contributed by atoms with E-state index in [4.69, 9.17) is 0 Å². The molecule has 1 rings (SSSR count). The standard InChI is InChI=1S/C7HF6/c8-2-1-3(9)6(11)4(5(2)10)7(12)13/h7H. The quantitative estimate of drug-likeness (QED) is 0.481. The van der Waals surface area contributed by atoms with Crippen LogP contribution in [0.25, 0.3) is 0 Å². The molecule has 0 fully saturated rings. The molecule has 0 amide bonds. The third kappa shape index (κ3) is 1.61. The predicted molar refractivity (Wildman–Crippen MR) is 30.1 cm³/mol. The first-order chi connectivity index (χ1) is 5.95. The van der Waals surface area contributed by atoms with E-state index in [0.29, 0.717) is 0 Å². The fourth-order valence-electron chi connectivity index (χ4n) is 0.731. The second-order valence-electron chi connectivity index (χ2n) is 2.10. The van der Waals surface area contributed by atoms with E-state index >= 15 is 0 Å². The highest BCUT2D eigenvalue weighted by Crippen LogP contribution is 2.27. The van der Waals surface area contributed by atoms with Crippen LogP contribution in [0.2, 0.25) is 0 Å². The van der Waals surface area contributed by atoms with Crippen molar-refractivity contribution in [3.05, 3.63) is 34.9 Å². The molecule has 0 heterocycles. The molecule has 0 unspecified atom stereocenters. The molecule has 0 aliphatic heterocycles. The van der Waals surface area contributed by atoms with E-state index in [1.165, 1.54) is 0 Å². The van der Waals surface area contributed by atoms with Gasteiger partial charge in [0, 0.05) is 0 Å². The van der Waals surface area contributed by atoms with Gasteiger partial charge in [0.2, 0.25) is 0 Å². The molecule has 0 bridgehead atoms. The monoisotopic (exact) mass is 199 g/mol. The Morgan fingerprint density at radius 2 is 1.23 bits per heavy atom. The van der Waals surface area contributed by atoms with Gasteiger partial charge in [-0.05, 0) is 0 Å². The number of halogens is 6. The van der Waals surface area contributed by atoms with Crippen molar-refractivity contribution >= 4 is 0 Å². The van der Waals surface area contributed by atoms with E-state index in [9.17, 15) is 26.3 Å². The smallest absolute Gasteiger partial charge is 0.205 e. The van der Waals surface area contributed by atoms with Crippen LogP contribution in [0.5, 0.6) is 0 Å². The second kappa shape index (κ2) is 3.27. The molecular formula is C7HF6. The molecule has 13 heavy (non-hydrogen) atoms. The van der Waals surface area contributed by atoms with Gasteiger partial charge in [0.15, 0.2) is 23.3 Å². The molecule has 0 saturated heterocycles. The van der Waals surface area contributed by atoms with E-state index in [1.54, 1.807) is 0 Å². The van der Waals surface area contributed by atoms with E-state index in [1.807, 2.05) is 0 Å². The Balaban J connectivity index is 3.46. The Labute approximate surface area is 68.8 Å². The van der Waals surface area contributed by atoms with Gasteiger partial charge >= 0.3 is 0 Å². The number of alkyl halides is 2. The minimum atomic E-state index is -3.61. The number of benzene rings is 1. The molecule has 71 valence electrons. The summed E-state index contributed by atoms with van der Waals surface area (Å²) in [5.74, 6) is -8.16. The third-order valence-corrected chi connectivity index (χ3v) is 1.30. The molecule has 0 N–H and O–H groups in total. The Morgan fingerprint density at radius 3 is 1.54 bits per heavy atom. The molecule has 0 saturated carbocycles. The lowest BCUT2D eigenvalue weighted by molar-refractivity contribution is 0.138. The third-order valence-electron chi connectivity index (χ3n) is 1.30. The minimum absolute atomic E-state index is 0.985. The molecule has 0 atom stereocenters. The van der Waals surface area contributed by atoms with Gasteiger partial charge in [-0.3, -0.25) is 0 Å². The van der Waals surface area contributed by atoms with Gasteiger partial charge in [0.05, 0.1) is 11.6 Å². The van der Waals surface area contributed by atoms with Gasteiger partial charge in [-0.15, -0.1) is 0 Å². The van der Waals surface area contributed by atoms with Crippen LogP contribution in [0.3, 0.4) is 0 Å². The van der Waals surface area contributed by atoms with Crippen LogP contribution in [0.4, 0.5) is 26.3 Å². The summed E-state index contributed by atoms with van der Waals surface area (Å²) in [6.45, 7) is 0. The van der Waals surface area contributed by atoms with Gasteiger partial charge in [0.25, 0.3) is 6.43 Å². The van der Waals surface area contributed by atoms with Crippen LogP contribution >= 0.6 is 0 Å². The molecular weight excluding hydrogens is 198 g/mol. The zero-order chi connectivity index (χ0) is 10.2. The fraction of sp³-hybridized carbons (Fsp3) is 0.143. The maximum Gasteiger partial charge on any atom is 0.269 e. The normalized spacial score (nSPS) is 11.0. The average molecular weight is 199 g/mol. The van der Waals surface area contributed by atoms with Crippen molar-refractivity contribution in [2.75, 3.05) is 0 Å². The first kappa shape index (κ1) is 9.88. The zero-order valence-electron chi connectivity index (χ0n) is 5.85. The zero-order valence-corrected chi connectivity index (χ0v) is 5.85. The number of hydrogen-bond acceptors (Lipinski definition) is 0. The van der Waals surface area contributed by atoms with Crippen LogP contribution in [0.1, 0.15) is 12.0 Å². The van der Waals surface area contributed by atoms with Crippen LogP contribution < -0.4 is 0 Å². The summed E-state index contributed by atoms with van der Waals surface area (Å²) >= 11 is 0. The lowest BCUT2D eigenvalue weighted by Gasteiger charge is -2.04. The van der Waals surface area contributed by atoms with Gasteiger partial charge in [-0.2, -0.15) is 0 Å². The first-order valence-corrected chi connectivity index (χ1v) is 2.98.